The molecule has 0 saturated heterocycles. The lowest BCUT2D eigenvalue weighted by Crippen LogP contribution is -2.50. The molecular weight excluding hydrogens is 306 g/mol. The SMILES string of the molecule is COc1ccc2nc(NC(=O)C3(C(N)=S)CCC3)sc2c1. The average molecular weight is 321 g/mol. The van der Waals surface area contributed by atoms with Gasteiger partial charge in [0.15, 0.2) is 5.13 Å². The smallest absolute Gasteiger partial charge is 0.239 e. The average Bonchev–Trinajstić information content (AvgIpc) is 2.77. The minimum Gasteiger partial charge on any atom is -0.497 e. The first kappa shape index (κ1) is 14.2. The van der Waals surface area contributed by atoms with E-state index in [4.69, 9.17) is 22.7 Å². The van der Waals surface area contributed by atoms with Crippen LogP contribution in [0.3, 0.4) is 0 Å². The summed E-state index contributed by atoms with van der Waals surface area (Å²) < 4.78 is 6.14. The Morgan fingerprint density at radius 2 is 2.29 bits per heavy atom. The van der Waals surface area contributed by atoms with Gasteiger partial charge < -0.3 is 15.8 Å². The molecule has 7 heteroatoms. The van der Waals surface area contributed by atoms with E-state index in [0.29, 0.717) is 18.0 Å². The molecule has 3 rings (SSSR count). The lowest BCUT2D eigenvalue weighted by atomic mass is 9.68. The summed E-state index contributed by atoms with van der Waals surface area (Å²) >= 11 is 6.46. The highest BCUT2D eigenvalue weighted by Gasteiger charge is 2.47. The number of amides is 1. The number of carbonyl (C=O) groups is 1. The van der Waals surface area contributed by atoms with Gasteiger partial charge in [-0.1, -0.05) is 30.0 Å². The van der Waals surface area contributed by atoms with Crippen molar-refractivity contribution in [2.45, 2.75) is 19.3 Å². The van der Waals surface area contributed by atoms with Gasteiger partial charge in [-0.05, 0) is 31.0 Å². The molecule has 1 aliphatic rings. The lowest BCUT2D eigenvalue weighted by molar-refractivity contribution is -0.125. The molecular formula is C14H15N3O2S2. The normalized spacial score (nSPS) is 16.2. The van der Waals surface area contributed by atoms with E-state index < -0.39 is 5.41 Å². The summed E-state index contributed by atoms with van der Waals surface area (Å²) in [5, 5.41) is 3.41. The molecule has 5 nitrogen and oxygen atoms in total. The number of hydrogen-bond acceptors (Lipinski definition) is 5. The summed E-state index contributed by atoms with van der Waals surface area (Å²) in [5.41, 5.74) is 5.88. The van der Waals surface area contributed by atoms with Gasteiger partial charge in [0, 0.05) is 0 Å². The Balaban J connectivity index is 1.84. The van der Waals surface area contributed by atoms with Gasteiger partial charge in [-0.2, -0.15) is 0 Å². The zero-order valence-corrected chi connectivity index (χ0v) is 13.1. The van der Waals surface area contributed by atoms with Crippen molar-refractivity contribution in [1.82, 2.24) is 4.98 Å². The zero-order valence-electron chi connectivity index (χ0n) is 11.5. The Labute approximate surface area is 131 Å². The molecule has 1 amide bonds. The summed E-state index contributed by atoms with van der Waals surface area (Å²) in [6, 6.07) is 5.61. The Morgan fingerprint density at radius 1 is 1.52 bits per heavy atom. The van der Waals surface area contributed by atoms with Gasteiger partial charge in [-0.3, -0.25) is 4.79 Å². The van der Waals surface area contributed by atoms with Gasteiger partial charge in [0.2, 0.25) is 5.91 Å². The van der Waals surface area contributed by atoms with E-state index in [9.17, 15) is 4.79 Å². The van der Waals surface area contributed by atoms with E-state index >= 15 is 0 Å². The summed E-state index contributed by atoms with van der Waals surface area (Å²) in [4.78, 5) is 17.1. The monoisotopic (exact) mass is 321 g/mol. The van der Waals surface area contributed by atoms with Crippen molar-refractivity contribution in [1.29, 1.82) is 0 Å². The first-order valence-corrected chi connectivity index (χ1v) is 7.83. The number of thiazole rings is 1. The highest BCUT2D eigenvalue weighted by atomic mass is 32.1. The van der Waals surface area contributed by atoms with Gasteiger partial charge in [0.25, 0.3) is 0 Å². The van der Waals surface area contributed by atoms with Crippen LogP contribution in [0.5, 0.6) is 5.75 Å². The summed E-state index contributed by atoms with van der Waals surface area (Å²) in [6.45, 7) is 0. The fraction of sp³-hybridized carbons (Fsp3) is 0.357. The van der Waals surface area contributed by atoms with E-state index in [1.807, 2.05) is 18.2 Å². The van der Waals surface area contributed by atoms with Crippen LogP contribution in [0.1, 0.15) is 19.3 Å². The molecule has 3 N–H and O–H groups in total. The molecule has 1 saturated carbocycles. The number of rotatable bonds is 4. The number of fused-ring (bicyclic) bond motifs is 1. The lowest BCUT2D eigenvalue weighted by Gasteiger charge is -2.38. The van der Waals surface area contributed by atoms with E-state index in [0.717, 1.165) is 22.4 Å². The van der Waals surface area contributed by atoms with Crippen LogP contribution in [-0.2, 0) is 4.79 Å². The third-order valence-electron chi connectivity index (χ3n) is 3.93. The molecule has 21 heavy (non-hydrogen) atoms. The molecule has 1 aromatic carbocycles. The molecule has 0 radical (unpaired) electrons. The molecule has 1 fully saturated rings. The first-order chi connectivity index (χ1) is 10.0. The summed E-state index contributed by atoms with van der Waals surface area (Å²) in [6.07, 6.45) is 2.40. The van der Waals surface area contributed by atoms with Gasteiger partial charge in [-0.15, -0.1) is 0 Å². The topological polar surface area (TPSA) is 77.2 Å². The summed E-state index contributed by atoms with van der Waals surface area (Å²) in [5.74, 6) is 0.620. The van der Waals surface area contributed by atoms with E-state index in [2.05, 4.69) is 10.3 Å². The Bertz CT molecular complexity index is 722. The minimum absolute atomic E-state index is 0.146. The molecule has 1 heterocycles. The van der Waals surface area contributed by atoms with Gasteiger partial charge in [-0.25, -0.2) is 4.98 Å². The second kappa shape index (κ2) is 5.23. The molecule has 0 spiro atoms. The fourth-order valence-electron chi connectivity index (χ4n) is 2.42. The van der Waals surface area contributed by atoms with E-state index in [1.165, 1.54) is 11.3 Å². The molecule has 110 valence electrons. The molecule has 0 aliphatic heterocycles. The van der Waals surface area contributed by atoms with Crippen molar-refractivity contribution < 1.29 is 9.53 Å². The predicted octanol–water partition coefficient (Wildman–Crippen LogP) is 2.70. The molecule has 1 aromatic heterocycles. The number of nitrogens with zero attached hydrogens (tertiary/aromatic N) is 1. The molecule has 0 atom stereocenters. The van der Waals surface area contributed by atoms with Gasteiger partial charge >= 0.3 is 0 Å². The number of aromatic nitrogens is 1. The number of anilines is 1. The first-order valence-electron chi connectivity index (χ1n) is 6.61. The Hall–Kier alpha value is -1.73. The van der Waals surface area contributed by atoms with Crippen LogP contribution in [0.15, 0.2) is 18.2 Å². The maximum absolute atomic E-state index is 12.4. The maximum atomic E-state index is 12.4. The van der Waals surface area contributed by atoms with Crippen molar-refractivity contribution >= 4 is 49.8 Å². The van der Waals surface area contributed by atoms with Crippen molar-refractivity contribution in [3.8, 4) is 5.75 Å². The number of benzene rings is 1. The molecule has 1 aliphatic carbocycles. The number of nitrogens with one attached hydrogen (secondary N) is 1. The molecule has 2 aromatic rings. The quantitative estimate of drug-likeness (QED) is 0.847. The van der Waals surface area contributed by atoms with Crippen molar-refractivity contribution in [2.24, 2.45) is 11.1 Å². The number of thiocarbonyl (C=S) groups is 1. The van der Waals surface area contributed by atoms with E-state index in [1.54, 1.807) is 7.11 Å². The van der Waals surface area contributed by atoms with Crippen LogP contribution in [-0.4, -0.2) is 23.0 Å². The minimum atomic E-state index is -0.690. The number of hydrogen-bond donors (Lipinski definition) is 2. The molecule has 0 unspecified atom stereocenters. The van der Waals surface area contributed by atoms with Gasteiger partial charge in [0.05, 0.1) is 27.7 Å². The Morgan fingerprint density at radius 3 is 2.86 bits per heavy atom. The van der Waals surface area contributed by atoms with Gasteiger partial charge in [0.1, 0.15) is 5.75 Å². The Kier molecular flexibility index (Phi) is 3.54. The summed E-state index contributed by atoms with van der Waals surface area (Å²) in [7, 11) is 1.62. The number of carbonyl (C=O) groups excluding carboxylic acids is 1. The fourth-order valence-corrected chi connectivity index (χ4v) is 3.60. The molecule has 0 bridgehead atoms. The van der Waals surface area contributed by atoms with Crippen LogP contribution < -0.4 is 15.8 Å². The van der Waals surface area contributed by atoms with E-state index in [-0.39, 0.29) is 10.9 Å². The number of methoxy groups -OCH3 is 1. The maximum Gasteiger partial charge on any atom is 0.239 e. The van der Waals surface area contributed by atoms with Crippen LogP contribution in [0.4, 0.5) is 5.13 Å². The van der Waals surface area contributed by atoms with Crippen LogP contribution in [0.25, 0.3) is 10.2 Å². The second-order valence-corrected chi connectivity index (χ2v) is 6.58. The third kappa shape index (κ3) is 2.36. The third-order valence-corrected chi connectivity index (χ3v) is 5.25. The standard InChI is InChI=1S/C14H15N3O2S2/c1-19-8-3-4-9-10(7-8)21-13(16-9)17-12(18)14(11(15)20)5-2-6-14/h3-4,7H,2,5-6H2,1H3,(H2,15,20)(H,16,17,18). The van der Waals surface area contributed by atoms with Crippen LogP contribution in [0, 0.1) is 5.41 Å². The van der Waals surface area contributed by atoms with Crippen LogP contribution in [0.2, 0.25) is 0 Å². The number of ether oxygens (including phenoxy) is 1. The second-order valence-electron chi connectivity index (χ2n) is 5.11. The highest BCUT2D eigenvalue weighted by Crippen LogP contribution is 2.42. The van der Waals surface area contributed by atoms with Crippen molar-refractivity contribution in [3.63, 3.8) is 0 Å². The zero-order chi connectivity index (χ0) is 15.0. The highest BCUT2D eigenvalue weighted by molar-refractivity contribution is 7.80. The van der Waals surface area contributed by atoms with Crippen molar-refractivity contribution in [3.05, 3.63) is 18.2 Å². The number of nitrogens with two attached hydrogens (primary N) is 1. The van der Waals surface area contributed by atoms with Crippen LogP contribution >= 0.6 is 23.6 Å². The predicted molar refractivity (Wildman–Crippen MR) is 87.9 cm³/mol. The largest absolute Gasteiger partial charge is 0.497 e. The van der Waals surface area contributed by atoms with Crippen molar-refractivity contribution in [2.75, 3.05) is 12.4 Å².